The summed E-state index contributed by atoms with van der Waals surface area (Å²) in [7, 11) is 0. The molecule has 0 aromatic heterocycles. The second-order valence-corrected chi connectivity index (χ2v) is 23.9. The summed E-state index contributed by atoms with van der Waals surface area (Å²) in [6.07, 6.45) is 0. The van der Waals surface area contributed by atoms with Crippen LogP contribution in [0.25, 0.3) is 33.4 Å². The minimum atomic E-state index is -0.0825. The third-order valence-corrected chi connectivity index (χ3v) is 15.7. The molecule has 0 atom stereocenters. The molecule has 12 rings (SSSR count). The molecular formula is C72H66BN3. The van der Waals surface area contributed by atoms with Crippen LogP contribution in [0.15, 0.2) is 237 Å². The Morgan fingerprint density at radius 1 is 0.303 bits per heavy atom. The highest BCUT2D eigenvalue weighted by atomic mass is 15.2. The Morgan fingerprint density at radius 3 is 1.34 bits per heavy atom. The summed E-state index contributed by atoms with van der Waals surface area (Å²) >= 11 is 0. The third kappa shape index (κ3) is 8.80. The molecule has 2 aliphatic heterocycles. The first kappa shape index (κ1) is 48.6. The second-order valence-electron chi connectivity index (χ2n) is 23.9. The summed E-state index contributed by atoms with van der Waals surface area (Å²) in [6.45, 7) is 20.8. The first-order chi connectivity index (χ1) is 36.6. The van der Waals surface area contributed by atoms with Crippen LogP contribution >= 0.6 is 0 Å². The van der Waals surface area contributed by atoms with Crippen molar-refractivity contribution in [3.63, 3.8) is 0 Å². The van der Waals surface area contributed by atoms with Gasteiger partial charge in [-0.1, -0.05) is 220 Å². The zero-order valence-corrected chi connectivity index (χ0v) is 45.4. The summed E-state index contributed by atoms with van der Waals surface area (Å²) in [5.41, 5.74) is 25.2. The molecule has 372 valence electrons. The maximum atomic E-state index is 2.59. The van der Waals surface area contributed by atoms with Gasteiger partial charge in [0.15, 0.2) is 0 Å². The van der Waals surface area contributed by atoms with Gasteiger partial charge in [-0.3, -0.25) is 0 Å². The fourth-order valence-corrected chi connectivity index (χ4v) is 11.5. The number of para-hydroxylation sites is 2. The van der Waals surface area contributed by atoms with E-state index >= 15 is 0 Å². The molecule has 0 bridgehead atoms. The van der Waals surface area contributed by atoms with E-state index in [4.69, 9.17) is 0 Å². The predicted molar refractivity (Wildman–Crippen MR) is 328 cm³/mol. The molecule has 0 aliphatic carbocycles. The van der Waals surface area contributed by atoms with Crippen molar-refractivity contribution in [2.24, 2.45) is 0 Å². The van der Waals surface area contributed by atoms with Gasteiger partial charge in [0, 0.05) is 51.1 Å². The maximum absolute atomic E-state index is 2.59. The van der Waals surface area contributed by atoms with E-state index in [1.165, 1.54) is 89.2 Å². The number of anilines is 9. The highest BCUT2D eigenvalue weighted by Crippen LogP contribution is 2.49. The molecule has 0 saturated heterocycles. The summed E-state index contributed by atoms with van der Waals surface area (Å²) in [5, 5.41) is 0. The van der Waals surface area contributed by atoms with Crippen molar-refractivity contribution in [2.75, 3.05) is 14.7 Å². The van der Waals surface area contributed by atoms with Gasteiger partial charge in [-0.2, -0.15) is 0 Å². The van der Waals surface area contributed by atoms with Crippen LogP contribution in [0, 0.1) is 0 Å². The van der Waals surface area contributed by atoms with Gasteiger partial charge in [0.25, 0.3) is 6.71 Å². The second kappa shape index (κ2) is 18.8. The summed E-state index contributed by atoms with van der Waals surface area (Å²) in [6, 6.07) is 88.6. The molecule has 10 aromatic carbocycles. The van der Waals surface area contributed by atoms with E-state index in [9.17, 15) is 0 Å². The van der Waals surface area contributed by atoms with E-state index in [1.807, 2.05) is 0 Å². The topological polar surface area (TPSA) is 9.72 Å². The summed E-state index contributed by atoms with van der Waals surface area (Å²) in [4.78, 5) is 7.52. The molecule has 0 radical (unpaired) electrons. The Labute approximate surface area is 451 Å². The average molecular weight is 984 g/mol. The van der Waals surface area contributed by atoms with Crippen molar-refractivity contribution < 1.29 is 0 Å². The minimum absolute atomic E-state index is 0.00284. The van der Waals surface area contributed by atoms with Crippen LogP contribution in [-0.4, -0.2) is 6.71 Å². The Hall–Kier alpha value is -8.34. The lowest BCUT2D eigenvalue weighted by Crippen LogP contribution is -2.61. The highest BCUT2D eigenvalue weighted by molar-refractivity contribution is 7.00. The Balaban J connectivity index is 1.15. The predicted octanol–water partition coefficient (Wildman–Crippen LogP) is 18.1. The van der Waals surface area contributed by atoms with E-state index in [-0.39, 0.29) is 23.0 Å². The van der Waals surface area contributed by atoms with E-state index in [1.54, 1.807) is 0 Å². The quantitative estimate of drug-likeness (QED) is 0.141. The molecule has 0 unspecified atom stereocenters. The van der Waals surface area contributed by atoms with Crippen LogP contribution in [0.1, 0.15) is 79.0 Å². The van der Waals surface area contributed by atoms with Crippen molar-refractivity contribution in [1.82, 2.24) is 0 Å². The molecule has 2 heterocycles. The van der Waals surface area contributed by atoms with Gasteiger partial charge in [0.1, 0.15) is 0 Å². The molecule has 0 saturated carbocycles. The third-order valence-electron chi connectivity index (χ3n) is 15.7. The number of benzene rings is 10. The molecule has 0 spiro atoms. The van der Waals surface area contributed by atoms with Crippen molar-refractivity contribution in [3.8, 4) is 33.4 Å². The van der Waals surface area contributed by atoms with Crippen LogP contribution in [0.4, 0.5) is 51.2 Å². The van der Waals surface area contributed by atoms with E-state index in [0.29, 0.717) is 0 Å². The van der Waals surface area contributed by atoms with Gasteiger partial charge >= 0.3 is 0 Å². The number of nitrogens with zero attached hydrogens (tertiary/aromatic N) is 3. The average Bonchev–Trinajstić information content (AvgIpc) is 3.63. The first-order valence-corrected chi connectivity index (χ1v) is 27.0. The monoisotopic (exact) mass is 984 g/mol. The fourth-order valence-electron chi connectivity index (χ4n) is 11.5. The normalized spacial score (nSPS) is 13.0. The highest BCUT2D eigenvalue weighted by Gasteiger charge is 2.44. The van der Waals surface area contributed by atoms with Crippen molar-refractivity contribution in [1.29, 1.82) is 0 Å². The van der Waals surface area contributed by atoms with Crippen LogP contribution in [-0.2, 0) is 16.2 Å². The van der Waals surface area contributed by atoms with E-state index in [2.05, 4.69) is 314 Å². The molecule has 0 amide bonds. The van der Waals surface area contributed by atoms with Gasteiger partial charge in [-0.15, -0.1) is 0 Å². The van der Waals surface area contributed by atoms with Gasteiger partial charge in [-0.05, 0) is 156 Å². The maximum Gasteiger partial charge on any atom is 0.252 e. The number of hydrogen-bond acceptors (Lipinski definition) is 3. The van der Waals surface area contributed by atoms with Gasteiger partial charge in [0.05, 0.1) is 5.69 Å². The number of fused-ring (bicyclic) bond motifs is 4. The molecular weight excluding hydrogens is 918 g/mol. The molecule has 76 heavy (non-hydrogen) atoms. The molecule has 3 nitrogen and oxygen atoms in total. The summed E-state index contributed by atoms with van der Waals surface area (Å²) < 4.78 is 0. The van der Waals surface area contributed by atoms with Crippen molar-refractivity contribution >= 4 is 74.3 Å². The Bertz CT molecular complexity index is 3680. The van der Waals surface area contributed by atoms with Crippen molar-refractivity contribution in [3.05, 3.63) is 253 Å². The zero-order chi connectivity index (χ0) is 52.5. The Morgan fingerprint density at radius 2 is 0.803 bits per heavy atom. The fraction of sp³-hybridized carbons (Fsp3) is 0.167. The number of rotatable bonds is 8. The zero-order valence-electron chi connectivity index (χ0n) is 45.4. The van der Waals surface area contributed by atoms with Crippen LogP contribution in [0.2, 0.25) is 0 Å². The van der Waals surface area contributed by atoms with Crippen LogP contribution in [0.5, 0.6) is 0 Å². The standard InChI is InChI=1S/C72H66BN3/c1-70(2,3)54-35-37-59(38-36-54)75-66-31-22-32-67-69(66)73(62-40-39-60(48-68(62)75)74(57-27-18-12-19-28-57)58-29-20-13-21-30-58)63-46-52(50-25-16-11-17-26-50)34-42-65(63)76(67)64-41-33-51(49-23-14-10-15-24-49)45-61(64)53-43-55(71(4,5)6)47-56(44-53)72(7,8)9/h10-48H,1-9H3. The lowest BCUT2D eigenvalue weighted by Gasteiger charge is -2.45. The SMILES string of the molecule is CC(C)(C)c1ccc(N2c3cc(N(c4ccccc4)c4ccccc4)ccc3B3c4cc(-c5ccccc5)ccc4N(c4ccc(-c5ccccc5)cc4-c4cc(C(C)(C)C)cc(C(C)(C)C)c4)c4cccc2c43)cc1. The largest absolute Gasteiger partial charge is 0.311 e. The molecule has 0 fully saturated rings. The van der Waals surface area contributed by atoms with E-state index in [0.717, 1.165) is 28.4 Å². The first-order valence-electron chi connectivity index (χ1n) is 27.0. The summed E-state index contributed by atoms with van der Waals surface area (Å²) in [5.74, 6) is 0. The molecule has 10 aromatic rings. The van der Waals surface area contributed by atoms with Crippen LogP contribution < -0.4 is 31.1 Å². The smallest absolute Gasteiger partial charge is 0.252 e. The number of hydrogen-bond donors (Lipinski definition) is 0. The van der Waals surface area contributed by atoms with E-state index < -0.39 is 0 Å². The molecule has 0 N–H and O–H groups in total. The van der Waals surface area contributed by atoms with Gasteiger partial charge in [0.2, 0.25) is 0 Å². The minimum Gasteiger partial charge on any atom is -0.311 e. The van der Waals surface area contributed by atoms with Crippen molar-refractivity contribution in [2.45, 2.75) is 78.6 Å². The van der Waals surface area contributed by atoms with Gasteiger partial charge in [-0.25, -0.2) is 0 Å². The lowest BCUT2D eigenvalue weighted by atomic mass is 9.33. The Kier molecular flexibility index (Phi) is 12.0. The molecule has 4 heteroatoms. The van der Waals surface area contributed by atoms with Gasteiger partial charge < -0.3 is 14.7 Å². The van der Waals surface area contributed by atoms with Crippen LogP contribution in [0.3, 0.4) is 0 Å². The molecule has 2 aliphatic rings. The lowest BCUT2D eigenvalue weighted by molar-refractivity contribution is 0.569.